The van der Waals surface area contributed by atoms with Crippen molar-refractivity contribution in [3.63, 3.8) is 0 Å². The van der Waals surface area contributed by atoms with Gasteiger partial charge in [0.2, 0.25) is 0 Å². The summed E-state index contributed by atoms with van der Waals surface area (Å²) >= 11 is 0. The van der Waals surface area contributed by atoms with Crippen molar-refractivity contribution in [3.05, 3.63) is 23.6 Å². The highest BCUT2D eigenvalue weighted by Gasteiger charge is 1.98. The van der Waals surface area contributed by atoms with Gasteiger partial charge in [-0.05, 0) is 19.4 Å². The van der Waals surface area contributed by atoms with E-state index in [-0.39, 0.29) is 5.83 Å². The summed E-state index contributed by atoms with van der Waals surface area (Å²) in [4.78, 5) is 0. The zero-order chi connectivity index (χ0) is 7.98. The molecule has 0 amide bonds. The van der Waals surface area contributed by atoms with Gasteiger partial charge < -0.3 is 0 Å². The zero-order valence-corrected chi connectivity index (χ0v) is 6.95. The minimum Gasteiger partial charge on any atom is -0.212 e. The summed E-state index contributed by atoms with van der Waals surface area (Å²) in [7, 11) is 0. The molecule has 1 aliphatic rings. The molecule has 10 heavy (non-hydrogen) atoms. The molecule has 0 atom stereocenters. The SMILES string of the molecule is CC.CC1=CCCC(F)=C1. The van der Waals surface area contributed by atoms with Gasteiger partial charge in [0.15, 0.2) is 0 Å². The predicted octanol–water partition coefficient (Wildman–Crippen LogP) is 3.61. The van der Waals surface area contributed by atoms with Gasteiger partial charge in [-0.2, -0.15) is 0 Å². The summed E-state index contributed by atoms with van der Waals surface area (Å²) in [6.07, 6.45) is 5.10. The Morgan fingerprint density at radius 1 is 1.40 bits per heavy atom. The summed E-state index contributed by atoms with van der Waals surface area (Å²) in [6.45, 7) is 5.92. The Morgan fingerprint density at radius 3 is 2.30 bits per heavy atom. The molecule has 0 saturated heterocycles. The van der Waals surface area contributed by atoms with Gasteiger partial charge in [-0.1, -0.05) is 25.5 Å². The molecule has 0 heterocycles. The Bertz CT molecular complexity index is 143. The van der Waals surface area contributed by atoms with E-state index in [1.54, 1.807) is 6.08 Å². The largest absolute Gasteiger partial charge is 0.212 e. The molecule has 0 aromatic heterocycles. The summed E-state index contributed by atoms with van der Waals surface area (Å²) < 4.78 is 12.3. The van der Waals surface area contributed by atoms with E-state index < -0.39 is 0 Å². The maximum absolute atomic E-state index is 12.3. The van der Waals surface area contributed by atoms with E-state index in [4.69, 9.17) is 0 Å². The lowest BCUT2D eigenvalue weighted by atomic mass is 10.1. The minimum absolute atomic E-state index is 0.0185. The van der Waals surface area contributed by atoms with E-state index in [2.05, 4.69) is 0 Å². The Morgan fingerprint density at radius 2 is 2.00 bits per heavy atom. The molecule has 0 fully saturated rings. The first kappa shape index (κ1) is 9.41. The van der Waals surface area contributed by atoms with E-state index in [1.807, 2.05) is 26.8 Å². The van der Waals surface area contributed by atoms with Crippen LogP contribution in [-0.4, -0.2) is 0 Å². The number of halogens is 1. The van der Waals surface area contributed by atoms with Gasteiger partial charge in [0.25, 0.3) is 0 Å². The third-order valence-electron chi connectivity index (χ3n) is 1.23. The Hall–Kier alpha value is -0.590. The standard InChI is InChI=1S/C7H9F.C2H6/c1-6-3-2-4-7(8)5-6;1-2/h3,5H,2,4H2,1H3;1-2H3. The van der Waals surface area contributed by atoms with Crippen LogP contribution in [0, 0.1) is 0 Å². The highest BCUT2D eigenvalue weighted by Crippen LogP contribution is 2.16. The van der Waals surface area contributed by atoms with Crippen molar-refractivity contribution in [2.75, 3.05) is 0 Å². The molecule has 0 saturated carbocycles. The smallest absolute Gasteiger partial charge is 0.100 e. The first-order valence-electron chi connectivity index (χ1n) is 3.82. The number of allylic oxidation sites excluding steroid dienone is 4. The molecule has 1 rings (SSSR count). The number of rotatable bonds is 0. The van der Waals surface area contributed by atoms with Crippen molar-refractivity contribution in [2.45, 2.75) is 33.6 Å². The predicted molar refractivity (Wildman–Crippen MR) is 43.5 cm³/mol. The van der Waals surface area contributed by atoms with E-state index in [1.165, 1.54) is 0 Å². The quantitative estimate of drug-likeness (QED) is 0.484. The maximum Gasteiger partial charge on any atom is 0.100 e. The van der Waals surface area contributed by atoms with Crippen LogP contribution in [-0.2, 0) is 0 Å². The van der Waals surface area contributed by atoms with Crippen LogP contribution in [0.3, 0.4) is 0 Å². The Kier molecular flexibility index (Phi) is 4.91. The maximum atomic E-state index is 12.3. The highest BCUT2D eigenvalue weighted by molar-refractivity contribution is 5.22. The van der Waals surface area contributed by atoms with Crippen molar-refractivity contribution in [3.8, 4) is 0 Å². The molecule has 0 spiro atoms. The molecule has 0 N–H and O–H groups in total. The molecular weight excluding hydrogens is 127 g/mol. The summed E-state index contributed by atoms with van der Waals surface area (Å²) in [5.41, 5.74) is 1.05. The topological polar surface area (TPSA) is 0 Å². The van der Waals surface area contributed by atoms with Crippen LogP contribution >= 0.6 is 0 Å². The lowest BCUT2D eigenvalue weighted by molar-refractivity contribution is 0.585. The lowest BCUT2D eigenvalue weighted by Gasteiger charge is -2.01. The van der Waals surface area contributed by atoms with E-state index in [0.717, 1.165) is 12.0 Å². The van der Waals surface area contributed by atoms with Crippen molar-refractivity contribution >= 4 is 0 Å². The van der Waals surface area contributed by atoms with Crippen molar-refractivity contribution in [1.82, 2.24) is 0 Å². The first-order valence-corrected chi connectivity index (χ1v) is 3.82. The van der Waals surface area contributed by atoms with Crippen LogP contribution in [0.25, 0.3) is 0 Å². The molecular formula is C9H15F. The summed E-state index contributed by atoms with van der Waals surface area (Å²) in [5, 5.41) is 0. The van der Waals surface area contributed by atoms with E-state index in [9.17, 15) is 4.39 Å². The van der Waals surface area contributed by atoms with Crippen LogP contribution < -0.4 is 0 Å². The highest BCUT2D eigenvalue weighted by atomic mass is 19.1. The van der Waals surface area contributed by atoms with Crippen LogP contribution in [0.5, 0.6) is 0 Å². The van der Waals surface area contributed by atoms with Crippen molar-refractivity contribution in [1.29, 1.82) is 0 Å². The molecule has 0 radical (unpaired) electrons. The molecule has 0 aromatic carbocycles. The second kappa shape index (κ2) is 5.21. The molecule has 0 unspecified atom stereocenters. The Labute approximate surface area is 62.4 Å². The average Bonchev–Trinajstić information content (AvgIpc) is 1.91. The van der Waals surface area contributed by atoms with Gasteiger partial charge in [-0.3, -0.25) is 0 Å². The average molecular weight is 142 g/mol. The lowest BCUT2D eigenvalue weighted by Crippen LogP contribution is -1.83. The van der Waals surface area contributed by atoms with Crippen LogP contribution in [0.4, 0.5) is 4.39 Å². The van der Waals surface area contributed by atoms with Gasteiger partial charge >= 0.3 is 0 Å². The number of hydrogen-bond donors (Lipinski definition) is 0. The van der Waals surface area contributed by atoms with Gasteiger partial charge in [-0.25, -0.2) is 4.39 Å². The summed E-state index contributed by atoms with van der Waals surface area (Å²) in [6, 6.07) is 0. The third kappa shape index (κ3) is 3.44. The normalized spacial score (nSPS) is 16.4. The minimum atomic E-state index is 0.0185. The van der Waals surface area contributed by atoms with Gasteiger partial charge in [0.1, 0.15) is 5.83 Å². The van der Waals surface area contributed by atoms with Gasteiger partial charge in [0, 0.05) is 6.42 Å². The molecule has 1 heteroatoms. The fourth-order valence-electron chi connectivity index (χ4n) is 0.816. The molecule has 1 aliphatic carbocycles. The van der Waals surface area contributed by atoms with Gasteiger partial charge in [0.05, 0.1) is 0 Å². The van der Waals surface area contributed by atoms with Crippen molar-refractivity contribution < 1.29 is 4.39 Å². The molecule has 0 bridgehead atoms. The molecule has 0 nitrogen and oxygen atoms in total. The fourth-order valence-corrected chi connectivity index (χ4v) is 0.816. The molecule has 0 aliphatic heterocycles. The molecule has 58 valence electrons. The third-order valence-corrected chi connectivity index (χ3v) is 1.23. The fraction of sp³-hybridized carbons (Fsp3) is 0.556. The van der Waals surface area contributed by atoms with Crippen LogP contribution in [0.15, 0.2) is 23.6 Å². The second-order valence-corrected chi connectivity index (χ2v) is 2.08. The Balaban J connectivity index is 0.000000371. The first-order chi connectivity index (χ1) is 4.79. The van der Waals surface area contributed by atoms with E-state index >= 15 is 0 Å². The van der Waals surface area contributed by atoms with Gasteiger partial charge in [-0.15, -0.1) is 0 Å². The zero-order valence-electron chi connectivity index (χ0n) is 6.95. The summed E-state index contributed by atoms with van der Waals surface area (Å²) in [5.74, 6) is 0.0185. The van der Waals surface area contributed by atoms with Crippen LogP contribution in [0.1, 0.15) is 33.6 Å². The van der Waals surface area contributed by atoms with Crippen LogP contribution in [0.2, 0.25) is 0 Å². The second-order valence-electron chi connectivity index (χ2n) is 2.08. The van der Waals surface area contributed by atoms with Crippen molar-refractivity contribution in [2.24, 2.45) is 0 Å². The van der Waals surface area contributed by atoms with E-state index in [0.29, 0.717) is 6.42 Å². The monoisotopic (exact) mass is 142 g/mol. The molecule has 0 aromatic rings. The number of hydrogen-bond acceptors (Lipinski definition) is 0.